The average molecular weight is 429 g/mol. The molecule has 1 unspecified atom stereocenters. The van der Waals surface area contributed by atoms with Gasteiger partial charge in [-0.2, -0.15) is 0 Å². The van der Waals surface area contributed by atoms with E-state index in [-0.39, 0.29) is 36.8 Å². The van der Waals surface area contributed by atoms with Crippen molar-refractivity contribution in [2.75, 3.05) is 6.54 Å². The number of amides is 1. The summed E-state index contributed by atoms with van der Waals surface area (Å²) in [4.78, 5) is 16.6. The molecule has 1 fully saturated rings. The van der Waals surface area contributed by atoms with E-state index in [4.69, 9.17) is 28.9 Å². The molecule has 3 N–H and O–H groups in total. The Bertz CT molecular complexity index is 706. The third kappa shape index (κ3) is 4.97. The van der Waals surface area contributed by atoms with Crippen LogP contribution in [0, 0.1) is 5.92 Å². The predicted octanol–water partition coefficient (Wildman–Crippen LogP) is 4.43. The summed E-state index contributed by atoms with van der Waals surface area (Å²) in [6.07, 6.45) is 2.26. The second-order valence-electron chi connectivity index (χ2n) is 5.32. The van der Waals surface area contributed by atoms with Gasteiger partial charge in [0.25, 0.3) is 5.91 Å². The standard InChI is InChI=1S/C15H15Cl2N3OS.2ClH/c16-9-3-4-10(11(17)5-9)15-20-13(7-22-15)14(21)19-12(6-18)8-1-2-8;;/h3-5,7-8,12H,1-2,6,18H2,(H,19,21);2*1H. The monoisotopic (exact) mass is 427 g/mol. The highest BCUT2D eigenvalue weighted by molar-refractivity contribution is 7.13. The van der Waals surface area contributed by atoms with Gasteiger partial charge in [-0.25, -0.2) is 4.98 Å². The highest BCUT2D eigenvalue weighted by Gasteiger charge is 2.31. The lowest BCUT2D eigenvalue weighted by Gasteiger charge is -2.14. The third-order valence-electron chi connectivity index (χ3n) is 3.66. The normalized spacial score (nSPS) is 14.3. The van der Waals surface area contributed by atoms with Gasteiger partial charge in [0.2, 0.25) is 0 Å². The van der Waals surface area contributed by atoms with Gasteiger partial charge in [-0.1, -0.05) is 23.2 Å². The number of thiazole rings is 1. The predicted molar refractivity (Wildman–Crippen MR) is 105 cm³/mol. The fourth-order valence-electron chi connectivity index (χ4n) is 2.27. The Labute approximate surface area is 166 Å². The summed E-state index contributed by atoms with van der Waals surface area (Å²) in [6, 6.07) is 5.26. The maximum atomic E-state index is 12.3. The molecule has 1 atom stereocenters. The zero-order valence-electron chi connectivity index (χ0n) is 12.5. The molecule has 1 saturated carbocycles. The molecule has 4 nitrogen and oxygen atoms in total. The molecule has 0 radical (unpaired) electrons. The maximum absolute atomic E-state index is 12.3. The molecule has 2 aromatic rings. The van der Waals surface area contributed by atoms with Crippen molar-refractivity contribution in [2.45, 2.75) is 18.9 Å². The summed E-state index contributed by atoms with van der Waals surface area (Å²) >= 11 is 13.4. The lowest BCUT2D eigenvalue weighted by molar-refractivity contribution is 0.0929. The first-order chi connectivity index (χ1) is 10.6. The van der Waals surface area contributed by atoms with Crippen molar-refractivity contribution < 1.29 is 4.79 Å². The van der Waals surface area contributed by atoms with Crippen LogP contribution in [0.5, 0.6) is 0 Å². The van der Waals surface area contributed by atoms with E-state index in [9.17, 15) is 4.79 Å². The molecule has 0 aliphatic heterocycles. The zero-order chi connectivity index (χ0) is 15.7. The fraction of sp³-hybridized carbons (Fsp3) is 0.333. The Kier molecular flexibility index (Phi) is 8.26. The number of hydrogen-bond donors (Lipinski definition) is 2. The van der Waals surface area contributed by atoms with Gasteiger partial charge in [0.05, 0.1) is 5.02 Å². The third-order valence-corrected chi connectivity index (χ3v) is 5.08. The van der Waals surface area contributed by atoms with Crippen LogP contribution in [0.3, 0.4) is 0 Å². The van der Waals surface area contributed by atoms with Crippen LogP contribution in [0.25, 0.3) is 10.6 Å². The number of nitrogens with one attached hydrogen (secondary N) is 1. The molecule has 1 aliphatic rings. The van der Waals surface area contributed by atoms with Crippen LogP contribution in [-0.4, -0.2) is 23.5 Å². The second kappa shape index (κ2) is 9.22. The van der Waals surface area contributed by atoms with Gasteiger partial charge < -0.3 is 11.1 Å². The lowest BCUT2D eigenvalue weighted by atomic mass is 10.2. The summed E-state index contributed by atoms with van der Waals surface area (Å²) in [5.74, 6) is 0.327. The molecule has 0 saturated heterocycles. The number of rotatable bonds is 5. The zero-order valence-corrected chi connectivity index (χ0v) is 16.5. The molecule has 1 aromatic heterocycles. The summed E-state index contributed by atoms with van der Waals surface area (Å²) in [7, 11) is 0. The Morgan fingerprint density at radius 1 is 1.38 bits per heavy atom. The van der Waals surface area contributed by atoms with E-state index in [0.29, 0.717) is 33.2 Å². The van der Waals surface area contributed by atoms with Crippen LogP contribution < -0.4 is 11.1 Å². The van der Waals surface area contributed by atoms with Crippen LogP contribution in [0.2, 0.25) is 10.0 Å². The van der Waals surface area contributed by atoms with Crippen LogP contribution in [0.15, 0.2) is 23.6 Å². The van der Waals surface area contributed by atoms with E-state index < -0.39 is 0 Å². The molecular formula is C15H17Cl4N3OS. The molecule has 9 heteroatoms. The van der Waals surface area contributed by atoms with Gasteiger partial charge in [-0.3, -0.25) is 4.79 Å². The number of aromatic nitrogens is 1. The van der Waals surface area contributed by atoms with Gasteiger partial charge in [0.1, 0.15) is 10.7 Å². The van der Waals surface area contributed by atoms with Gasteiger partial charge in [-0.05, 0) is 37.0 Å². The van der Waals surface area contributed by atoms with Crippen LogP contribution >= 0.6 is 59.4 Å². The van der Waals surface area contributed by atoms with Gasteiger partial charge in [0, 0.05) is 28.6 Å². The summed E-state index contributed by atoms with van der Waals surface area (Å²) in [6.45, 7) is 0.455. The summed E-state index contributed by atoms with van der Waals surface area (Å²) in [5, 5.41) is 6.48. The highest BCUT2D eigenvalue weighted by Crippen LogP contribution is 2.33. The van der Waals surface area contributed by atoms with Crippen LogP contribution in [0.4, 0.5) is 0 Å². The average Bonchev–Trinajstić information content (AvgIpc) is 3.21. The summed E-state index contributed by atoms with van der Waals surface area (Å²) < 4.78 is 0. The maximum Gasteiger partial charge on any atom is 0.271 e. The Morgan fingerprint density at radius 2 is 2.08 bits per heavy atom. The number of halogens is 4. The van der Waals surface area contributed by atoms with E-state index in [1.807, 2.05) is 0 Å². The van der Waals surface area contributed by atoms with Crippen LogP contribution in [0.1, 0.15) is 23.3 Å². The molecule has 132 valence electrons. The molecule has 1 amide bonds. The number of nitrogens with zero attached hydrogens (tertiary/aromatic N) is 1. The first kappa shape index (κ1) is 21.5. The van der Waals surface area contributed by atoms with Gasteiger partial charge >= 0.3 is 0 Å². The minimum atomic E-state index is -0.185. The largest absolute Gasteiger partial charge is 0.346 e. The first-order valence-corrected chi connectivity index (χ1v) is 8.64. The number of carbonyl (C=O) groups excluding carboxylic acids is 1. The molecule has 24 heavy (non-hydrogen) atoms. The summed E-state index contributed by atoms with van der Waals surface area (Å²) in [5.41, 5.74) is 6.87. The van der Waals surface area contributed by atoms with E-state index in [1.165, 1.54) is 11.3 Å². The lowest BCUT2D eigenvalue weighted by Crippen LogP contribution is -2.41. The van der Waals surface area contributed by atoms with E-state index >= 15 is 0 Å². The van der Waals surface area contributed by atoms with Crippen molar-refractivity contribution in [1.29, 1.82) is 0 Å². The Balaban J connectivity index is 0.00000144. The number of benzene rings is 1. The van der Waals surface area contributed by atoms with Crippen molar-refractivity contribution in [1.82, 2.24) is 10.3 Å². The minimum Gasteiger partial charge on any atom is -0.346 e. The number of nitrogens with two attached hydrogens (primary N) is 1. The fourth-order valence-corrected chi connectivity index (χ4v) is 3.67. The van der Waals surface area contributed by atoms with Crippen molar-refractivity contribution in [3.05, 3.63) is 39.3 Å². The number of hydrogen-bond acceptors (Lipinski definition) is 4. The second-order valence-corrected chi connectivity index (χ2v) is 7.02. The van der Waals surface area contributed by atoms with E-state index in [0.717, 1.165) is 18.4 Å². The molecular weight excluding hydrogens is 412 g/mol. The molecule has 0 bridgehead atoms. The minimum absolute atomic E-state index is 0. The molecule has 3 rings (SSSR count). The molecule has 1 aromatic carbocycles. The van der Waals surface area contributed by atoms with Gasteiger partial charge in [0.15, 0.2) is 0 Å². The Hall–Kier alpha value is -0.560. The smallest absolute Gasteiger partial charge is 0.271 e. The first-order valence-electron chi connectivity index (χ1n) is 7.00. The van der Waals surface area contributed by atoms with Crippen LogP contribution in [-0.2, 0) is 0 Å². The molecule has 1 heterocycles. The topological polar surface area (TPSA) is 68.0 Å². The van der Waals surface area contributed by atoms with Crippen molar-refractivity contribution in [3.63, 3.8) is 0 Å². The Morgan fingerprint density at radius 3 is 2.67 bits per heavy atom. The SMILES string of the molecule is Cl.Cl.NCC(NC(=O)c1csc(-c2ccc(Cl)cc2Cl)n1)C1CC1. The van der Waals surface area contributed by atoms with Gasteiger partial charge in [-0.15, -0.1) is 36.2 Å². The van der Waals surface area contributed by atoms with E-state index in [2.05, 4.69) is 10.3 Å². The van der Waals surface area contributed by atoms with E-state index in [1.54, 1.807) is 23.6 Å². The van der Waals surface area contributed by atoms with Crippen molar-refractivity contribution in [3.8, 4) is 10.6 Å². The molecule has 0 spiro atoms. The van der Waals surface area contributed by atoms with Crippen molar-refractivity contribution >= 4 is 65.3 Å². The highest BCUT2D eigenvalue weighted by atomic mass is 35.5. The number of carbonyl (C=O) groups is 1. The molecule has 1 aliphatic carbocycles. The quantitative estimate of drug-likeness (QED) is 0.739. The van der Waals surface area contributed by atoms with Crippen molar-refractivity contribution in [2.24, 2.45) is 11.7 Å².